The smallest absolute Gasteiger partial charge is 0.248 e. The Hall–Kier alpha value is -1.18. The Morgan fingerprint density at radius 3 is 2.31 bits per heavy atom. The third-order valence-electron chi connectivity index (χ3n) is 5.70. The molecule has 3 aliphatic rings. The summed E-state index contributed by atoms with van der Waals surface area (Å²) in [7, 11) is 0. The van der Waals surface area contributed by atoms with Gasteiger partial charge in [0.25, 0.3) is 0 Å². The van der Waals surface area contributed by atoms with Crippen molar-refractivity contribution < 1.29 is 19.1 Å². The lowest BCUT2D eigenvalue weighted by Crippen LogP contribution is -2.43. The van der Waals surface area contributed by atoms with Crippen LogP contribution in [-0.4, -0.2) is 87.3 Å². The van der Waals surface area contributed by atoms with E-state index >= 15 is 0 Å². The van der Waals surface area contributed by atoms with E-state index in [4.69, 9.17) is 9.47 Å². The van der Waals surface area contributed by atoms with Crippen LogP contribution in [0.15, 0.2) is 0 Å². The van der Waals surface area contributed by atoms with Crippen molar-refractivity contribution in [3.63, 3.8) is 0 Å². The monoisotopic (exact) mass is 367 g/mol. The van der Waals surface area contributed by atoms with Crippen LogP contribution < -0.4 is 5.32 Å². The molecule has 1 N–H and O–H groups in total. The highest BCUT2D eigenvalue weighted by atomic mass is 16.5. The number of carbonyl (C=O) groups excluding carboxylic acids is 2. The van der Waals surface area contributed by atoms with Crippen LogP contribution in [0.4, 0.5) is 0 Å². The number of hydrogen-bond acceptors (Lipinski definition) is 5. The Morgan fingerprint density at radius 2 is 1.65 bits per heavy atom. The van der Waals surface area contributed by atoms with Gasteiger partial charge >= 0.3 is 0 Å². The topological polar surface area (TPSA) is 71.1 Å². The highest BCUT2D eigenvalue weighted by Crippen LogP contribution is 2.45. The fourth-order valence-electron chi connectivity index (χ4n) is 3.78. The van der Waals surface area contributed by atoms with Gasteiger partial charge in [0.1, 0.15) is 13.2 Å². The van der Waals surface area contributed by atoms with E-state index in [1.165, 1.54) is 25.7 Å². The molecule has 0 spiro atoms. The molecular formula is C19H33N3O4. The maximum atomic E-state index is 12.1. The molecule has 148 valence electrons. The van der Waals surface area contributed by atoms with Crippen molar-refractivity contribution in [1.29, 1.82) is 0 Å². The summed E-state index contributed by atoms with van der Waals surface area (Å²) >= 11 is 0. The van der Waals surface area contributed by atoms with Gasteiger partial charge in [0.15, 0.2) is 0 Å². The average molecular weight is 367 g/mol. The molecular weight excluding hydrogens is 334 g/mol. The molecule has 26 heavy (non-hydrogen) atoms. The van der Waals surface area contributed by atoms with Crippen molar-refractivity contribution in [1.82, 2.24) is 15.1 Å². The summed E-state index contributed by atoms with van der Waals surface area (Å²) in [6.45, 7) is 6.92. The van der Waals surface area contributed by atoms with Gasteiger partial charge in [-0.25, -0.2) is 0 Å². The van der Waals surface area contributed by atoms with Gasteiger partial charge in [-0.3, -0.25) is 14.5 Å². The Morgan fingerprint density at radius 1 is 0.962 bits per heavy atom. The van der Waals surface area contributed by atoms with Crippen LogP contribution in [0.5, 0.6) is 0 Å². The molecule has 2 saturated heterocycles. The molecule has 0 radical (unpaired) electrons. The molecule has 1 saturated carbocycles. The lowest BCUT2D eigenvalue weighted by atomic mass is 10.1. The van der Waals surface area contributed by atoms with Crippen LogP contribution in [0, 0.1) is 5.41 Å². The van der Waals surface area contributed by atoms with Gasteiger partial charge in [0, 0.05) is 44.7 Å². The molecule has 0 aromatic carbocycles. The SMILES string of the molecule is O=C(COCC(=O)N1CCCCCC1)NCC1(CN2CCOCC2)CC1. The molecule has 2 aliphatic heterocycles. The third-order valence-corrected chi connectivity index (χ3v) is 5.70. The zero-order chi connectivity index (χ0) is 18.2. The molecule has 0 aromatic heterocycles. The Balaban J connectivity index is 1.28. The molecule has 0 bridgehead atoms. The molecule has 7 nitrogen and oxygen atoms in total. The zero-order valence-corrected chi connectivity index (χ0v) is 15.8. The summed E-state index contributed by atoms with van der Waals surface area (Å²) in [4.78, 5) is 28.5. The summed E-state index contributed by atoms with van der Waals surface area (Å²) in [5.74, 6) is -0.118. The quantitative estimate of drug-likeness (QED) is 0.682. The molecule has 0 aromatic rings. The van der Waals surface area contributed by atoms with Crippen molar-refractivity contribution in [3.8, 4) is 0 Å². The highest BCUT2D eigenvalue weighted by Gasteiger charge is 2.44. The number of hydrogen-bond donors (Lipinski definition) is 1. The zero-order valence-electron chi connectivity index (χ0n) is 15.8. The summed E-state index contributed by atoms with van der Waals surface area (Å²) in [5.41, 5.74) is 0.231. The van der Waals surface area contributed by atoms with Crippen molar-refractivity contribution in [2.45, 2.75) is 38.5 Å². The predicted molar refractivity (Wildman–Crippen MR) is 97.8 cm³/mol. The first kappa shape index (κ1) is 19.6. The van der Waals surface area contributed by atoms with Gasteiger partial charge in [0.2, 0.25) is 11.8 Å². The summed E-state index contributed by atoms with van der Waals surface area (Å²) < 4.78 is 10.7. The van der Waals surface area contributed by atoms with Gasteiger partial charge in [-0.2, -0.15) is 0 Å². The number of ether oxygens (including phenoxy) is 2. The van der Waals surface area contributed by atoms with E-state index < -0.39 is 0 Å². The van der Waals surface area contributed by atoms with E-state index in [9.17, 15) is 9.59 Å². The number of morpholine rings is 1. The average Bonchev–Trinajstić information content (AvgIpc) is 3.45. The standard InChI is InChI=1S/C19H33N3O4/c23-17(13-26-14-18(24)22-7-3-1-2-4-8-22)20-15-19(5-6-19)16-21-9-11-25-12-10-21/h1-16H2,(H,20,23). The Labute approximate surface area is 156 Å². The van der Waals surface area contributed by atoms with Gasteiger partial charge < -0.3 is 19.7 Å². The van der Waals surface area contributed by atoms with Gasteiger partial charge in [-0.1, -0.05) is 12.8 Å². The minimum Gasteiger partial charge on any atom is -0.379 e. The summed E-state index contributed by atoms with van der Waals surface area (Å²) in [5, 5.41) is 2.99. The molecule has 0 unspecified atom stereocenters. The largest absolute Gasteiger partial charge is 0.379 e. The normalized spacial score (nSPS) is 23.3. The molecule has 2 amide bonds. The number of nitrogens with zero attached hydrogens (tertiary/aromatic N) is 2. The van der Waals surface area contributed by atoms with Crippen LogP contribution in [-0.2, 0) is 19.1 Å². The minimum atomic E-state index is -0.123. The summed E-state index contributed by atoms with van der Waals surface area (Å²) in [6.07, 6.45) is 6.85. The number of nitrogens with one attached hydrogen (secondary N) is 1. The number of likely N-dealkylation sites (tertiary alicyclic amines) is 1. The highest BCUT2D eigenvalue weighted by molar-refractivity contribution is 5.79. The molecule has 3 rings (SSSR count). The van der Waals surface area contributed by atoms with Crippen LogP contribution in [0.1, 0.15) is 38.5 Å². The van der Waals surface area contributed by atoms with Crippen molar-refractivity contribution in [3.05, 3.63) is 0 Å². The van der Waals surface area contributed by atoms with Crippen LogP contribution in [0.3, 0.4) is 0 Å². The van der Waals surface area contributed by atoms with Crippen LogP contribution in [0.25, 0.3) is 0 Å². The fraction of sp³-hybridized carbons (Fsp3) is 0.895. The Bertz CT molecular complexity index is 467. The van der Waals surface area contributed by atoms with Gasteiger partial charge in [-0.15, -0.1) is 0 Å². The number of carbonyl (C=O) groups is 2. The lowest BCUT2D eigenvalue weighted by molar-refractivity contribution is -0.138. The maximum Gasteiger partial charge on any atom is 0.248 e. The predicted octanol–water partition coefficient (Wildman–Crippen LogP) is 0.634. The van der Waals surface area contributed by atoms with Crippen LogP contribution >= 0.6 is 0 Å². The Kier molecular flexibility index (Phi) is 7.28. The second-order valence-electron chi connectivity index (χ2n) is 7.95. The third kappa shape index (κ3) is 6.21. The molecule has 0 atom stereocenters. The first-order chi connectivity index (χ1) is 12.7. The molecule has 1 aliphatic carbocycles. The van der Waals surface area contributed by atoms with E-state index in [2.05, 4.69) is 10.2 Å². The van der Waals surface area contributed by atoms with Crippen molar-refractivity contribution in [2.24, 2.45) is 5.41 Å². The van der Waals surface area contributed by atoms with E-state index in [-0.39, 0.29) is 30.4 Å². The van der Waals surface area contributed by atoms with Crippen molar-refractivity contribution in [2.75, 3.05) is 65.7 Å². The first-order valence-electron chi connectivity index (χ1n) is 10.1. The number of amides is 2. The van der Waals surface area contributed by atoms with E-state index in [1.54, 1.807) is 0 Å². The number of rotatable bonds is 8. The minimum absolute atomic E-state index is 0.00526. The van der Waals surface area contributed by atoms with Gasteiger partial charge in [0.05, 0.1) is 13.2 Å². The second kappa shape index (κ2) is 9.67. The molecule has 3 fully saturated rings. The second-order valence-corrected chi connectivity index (χ2v) is 7.95. The van der Waals surface area contributed by atoms with Gasteiger partial charge in [-0.05, 0) is 25.7 Å². The van der Waals surface area contributed by atoms with Crippen molar-refractivity contribution >= 4 is 11.8 Å². The fourth-order valence-corrected chi connectivity index (χ4v) is 3.78. The van der Waals surface area contributed by atoms with Crippen LogP contribution in [0.2, 0.25) is 0 Å². The maximum absolute atomic E-state index is 12.1. The summed E-state index contributed by atoms with van der Waals surface area (Å²) in [6, 6.07) is 0. The molecule has 7 heteroatoms. The molecule has 2 heterocycles. The lowest BCUT2D eigenvalue weighted by Gasteiger charge is -2.30. The van der Waals surface area contributed by atoms with E-state index in [1.807, 2.05) is 4.90 Å². The van der Waals surface area contributed by atoms with E-state index in [0.717, 1.165) is 58.8 Å². The van der Waals surface area contributed by atoms with E-state index in [0.29, 0.717) is 6.54 Å². The first-order valence-corrected chi connectivity index (χ1v) is 10.1.